The minimum atomic E-state index is -1.97. The summed E-state index contributed by atoms with van der Waals surface area (Å²) in [6.07, 6.45) is 6.74. The molecule has 0 radical (unpaired) electrons. The van der Waals surface area contributed by atoms with Gasteiger partial charge >= 0.3 is 0 Å². The van der Waals surface area contributed by atoms with Gasteiger partial charge in [-0.1, -0.05) is 59.0 Å². The van der Waals surface area contributed by atoms with Crippen molar-refractivity contribution in [3.05, 3.63) is 35.4 Å². The van der Waals surface area contributed by atoms with Gasteiger partial charge in [0.1, 0.15) is 0 Å². The van der Waals surface area contributed by atoms with Crippen LogP contribution >= 0.6 is 39.1 Å². The number of ether oxygens (including phenoxy) is 1. The first-order valence-electron chi connectivity index (χ1n) is 13.9. The van der Waals surface area contributed by atoms with Crippen molar-refractivity contribution >= 4 is 62.8 Å². The zero-order valence-electron chi connectivity index (χ0n) is 22.1. The molecule has 2 saturated carbocycles. The number of carbonyl (C=O) groups is 4. The summed E-state index contributed by atoms with van der Waals surface area (Å²) in [7, 11) is 0. The molecule has 2 heterocycles. The number of imide groups is 2. The standard InChI is InChI=1S/C29H31BrCl2N2O6/c1-2-40-20-10-6-9-18(23(20)35)22-16-11-12-17-21(25(37)34(24(17)36)15-7-4-3-5-8-15)19(16)13-28(31)26(38)33(14-30)27(39)29(22,28)32/h6,9-11,15,17,19,21-22,35H,2-5,7-8,12-14H2,1H3. The van der Waals surface area contributed by atoms with E-state index >= 15 is 0 Å². The Balaban J connectivity index is 1.51. The summed E-state index contributed by atoms with van der Waals surface area (Å²) < 4.78 is 5.62. The van der Waals surface area contributed by atoms with Gasteiger partial charge in [0.15, 0.2) is 21.2 Å². The largest absolute Gasteiger partial charge is 0.504 e. The lowest BCUT2D eigenvalue weighted by Crippen LogP contribution is -2.60. The van der Waals surface area contributed by atoms with Crippen molar-refractivity contribution in [1.29, 1.82) is 0 Å². The number of hydrogen-bond acceptors (Lipinski definition) is 6. The van der Waals surface area contributed by atoms with Gasteiger partial charge in [0.2, 0.25) is 11.8 Å². The molecule has 2 aliphatic heterocycles. The Morgan fingerprint density at radius 1 is 1.05 bits per heavy atom. The Bertz CT molecular complexity index is 1330. The molecule has 5 aliphatic rings. The third kappa shape index (κ3) is 3.62. The van der Waals surface area contributed by atoms with Gasteiger partial charge in [-0.15, -0.1) is 23.2 Å². The van der Waals surface area contributed by atoms with Crippen LogP contribution in [0.25, 0.3) is 0 Å². The first kappa shape index (κ1) is 28.0. The van der Waals surface area contributed by atoms with E-state index in [-0.39, 0.29) is 41.2 Å². The van der Waals surface area contributed by atoms with Crippen LogP contribution in [-0.2, 0) is 19.2 Å². The second-order valence-corrected chi connectivity index (χ2v) is 13.2. The third-order valence-corrected chi connectivity index (χ3v) is 11.5. The Labute approximate surface area is 251 Å². The van der Waals surface area contributed by atoms with Crippen LogP contribution in [0.2, 0.25) is 0 Å². The maximum Gasteiger partial charge on any atom is 0.254 e. The lowest BCUT2D eigenvalue weighted by Gasteiger charge is -2.50. The van der Waals surface area contributed by atoms with Gasteiger partial charge in [-0.2, -0.15) is 0 Å². The number of hydrogen-bond donors (Lipinski definition) is 1. The summed E-state index contributed by atoms with van der Waals surface area (Å²) in [5, 5.41) is 11.3. The number of alkyl halides is 3. The van der Waals surface area contributed by atoms with E-state index in [2.05, 4.69) is 15.9 Å². The molecule has 6 unspecified atom stereocenters. The van der Waals surface area contributed by atoms with Crippen molar-refractivity contribution in [1.82, 2.24) is 9.80 Å². The van der Waals surface area contributed by atoms with Gasteiger partial charge < -0.3 is 9.84 Å². The van der Waals surface area contributed by atoms with E-state index in [1.54, 1.807) is 25.1 Å². The lowest BCUT2D eigenvalue weighted by molar-refractivity contribution is -0.144. The van der Waals surface area contributed by atoms with Gasteiger partial charge in [0.25, 0.3) is 11.8 Å². The number of carbonyl (C=O) groups excluding carboxylic acids is 4. The molecule has 6 atom stereocenters. The number of amides is 4. The molecule has 0 aromatic heterocycles. The fourth-order valence-electron chi connectivity index (χ4n) is 7.87. The smallest absolute Gasteiger partial charge is 0.254 e. The van der Waals surface area contributed by atoms with Crippen molar-refractivity contribution in [2.45, 2.75) is 73.6 Å². The molecule has 1 N–H and O–H groups in total. The molecule has 6 rings (SSSR count). The Kier molecular flexibility index (Phi) is 7.02. The number of phenols is 1. The van der Waals surface area contributed by atoms with Gasteiger partial charge in [-0.3, -0.25) is 29.0 Å². The number of rotatable bonds is 5. The molecular weight excluding hydrogens is 623 g/mol. The summed E-state index contributed by atoms with van der Waals surface area (Å²) in [5.41, 5.74) is 0.841. The summed E-state index contributed by atoms with van der Waals surface area (Å²) in [4.78, 5) is 53.9. The van der Waals surface area contributed by atoms with Gasteiger partial charge in [0.05, 0.1) is 23.9 Å². The number of nitrogens with zero attached hydrogens (tertiary/aromatic N) is 2. The molecule has 3 aliphatic carbocycles. The average Bonchev–Trinajstić information content (AvgIpc) is 3.28. The number of halogens is 3. The minimum absolute atomic E-state index is 0.0704. The second kappa shape index (κ2) is 10.0. The molecule has 1 aromatic rings. The summed E-state index contributed by atoms with van der Waals surface area (Å²) in [5.74, 6) is -4.64. The van der Waals surface area contributed by atoms with Crippen LogP contribution < -0.4 is 4.74 Å². The number of fused-ring (bicyclic) bond motifs is 4. The predicted molar refractivity (Wildman–Crippen MR) is 151 cm³/mol. The van der Waals surface area contributed by atoms with E-state index in [0.29, 0.717) is 24.2 Å². The molecule has 1 aromatic carbocycles. The monoisotopic (exact) mass is 652 g/mol. The molecule has 2 saturated heterocycles. The molecule has 214 valence electrons. The Morgan fingerprint density at radius 3 is 2.45 bits per heavy atom. The molecule has 4 fully saturated rings. The molecule has 4 amide bonds. The van der Waals surface area contributed by atoms with Crippen LogP contribution in [0.5, 0.6) is 11.5 Å². The van der Waals surface area contributed by atoms with Crippen LogP contribution in [0.1, 0.15) is 63.4 Å². The van der Waals surface area contributed by atoms with Crippen molar-refractivity contribution < 1.29 is 29.0 Å². The Morgan fingerprint density at radius 2 is 1.77 bits per heavy atom. The third-order valence-electron chi connectivity index (χ3n) is 9.63. The highest BCUT2D eigenvalue weighted by Gasteiger charge is 2.76. The van der Waals surface area contributed by atoms with E-state index in [4.69, 9.17) is 27.9 Å². The molecular formula is C29H31BrCl2N2O6. The first-order valence-corrected chi connectivity index (χ1v) is 15.8. The first-order chi connectivity index (χ1) is 19.1. The highest BCUT2D eigenvalue weighted by molar-refractivity contribution is 9.09. The number of para-hydroxylation sites is 1. The normalized spacial score (nSPS) is 36.0. The zero-order chi connectivity index (χ0) is 28.6. The SMILES string of the molecule is CCOc1cccc(C2C3=CCC4C(=O)N(C5CCCCC5)C(=O)C4C3CC3(Cl)C(=O)N(CBr)C(=O)C23Cl)c1O. The minimum Gasteiger partial charge on any atom is -0.504 e. The fraction of sp³-hybridized carbons (Fsp3) is 0.586. The fourth-order valence-corrected chi connectivity index (χ4v) is 9.28. The van der Waals surface area contributed by atoms with Crippen LogP contribution in [-0.4, -0.2) is 66.4 Å². The number of allylic oxidation sites excluding steroid dienone is 2. The topological polar surface area (TPSA) is 104 Å². The van der Waals surface area contributed by atoms with Crippen LogP contribution in [0, 0.1) is 17.8 Å². The highest BCUT2D eigenvalue weighted by atomic mass is 79.9. The van der Waals surface area contributed by atoms with Crippen molar-refractivity contribution in [3.63, 3.8) is 0 Å². The van der Waals surface area contributed by atoms with E-state index in [0.717, 1.165) is 37.0 Å². The van der Waals surface area contributed by atoms with Gasteiger partial charge in [0, 0.05) is 17.5 Å². The molecule has 0 spiro atoms. The summed E-state index contributed by atoms with van der Waals surface area (Å²) in [6.45, 7) is 2.08. The number of benzene rings is 1. The van der Waals surface area contributed by atoms with E-state index in [1.807, 2.05) is 6.08 Å². The number of phenolic OH excluding ortho intramolecular Hbond substituents is 1. The quantitative estimate of drug-likeness (QED) is 0.211. The molecule has 0 bridgehead atoms. The van der Waals surface area contributed by atoms with Gasteiger partial charge in [-0.25, -0.2) is 0 Å². The summed E-state index contributed by atoms with van der Waals surface area (Å²) >= 11 is 17.7. The maximum atomic E-state index is 14.1. The second-order valence-electron chi connectivity index (χ2n) is 11.5. The Hall–Kier alpha value is -2.10. The number of aromatic hydroxyl groups is 1. The van der Waals surface area contributed by atoms with Gasteiger partial charge in [-0.05, 0) is 44.6 Å². The molecule has 40 heavy (non-hydrogen) atoms. The molecule has 11 heteroatoms. The molecule has 8 nitrogen and oxygen atoms in total. The van der Waals surface area contributed by atoms with E-state index in [1.165, 1.54) is 4.90 Å². The maximum absolute atomic E-state index is 14.1. The lowest BCUT2D eigenvalue weighted by atomic mass is 9.56. The average molecular weight is 654 g/mol. The van der Waals surface area contributed by atoms with E-state index < -0.39 is 45.2 Å². The predicted octanol–water partition coefficient (Wildman–Crippen LogP) is 4.83. The van der Waals surface area contributed by atoms with Crippen molar-refractivity contribution in [2.24, 2.45) is 17.8 Å². The van der Waals surface area contributed by atoms with Crippen molar-refractivity contribution in [3.8, 4) is 11.5 Å². The van der Waals surface area contributed by atoms with Crippen LogP contribution in [0.15, 0.2) is 29.8 Å². The van der Waals surface area contributed by atoms with Crippen LogP contribution in [0.3, 0.4) is 0 Å². The number of likely N-dealkylation sites (tertiary alicyclic amines) is 2. The zero-order valence-corrected chi connectivity index (χ0v) is 25.2. The summed E-state index contributed by atoms with van der Waals surface area (Å²) in [6, 6.07) is 4.81. The highest BCUT2D eigenvalue weighted by Crippen LogP contribution is 2.66. The van der Waals surface area contributed by atoms with E-state index in [9.17, 15) is 24.3 Å². The van der Waals surface area contributed by atoms with Crippen LogP contribution in [0.4, 0.5) is 0 Å². The van der Waals surface area contributed by atoms with Crippen molar-refractivity contribution in [2.75, 3.05) is 12.1 Å².